The first kappa shape index (κ1) is 21.5. The molecule has 0 fully saturated rings. The Bertz CT molecular complexity index is 1040. The van der Waals surface area contributed by atoms with Crippen molar-refractivity contribution in [2.24, 2.45) is 0 Å². The lowest BCUT2D eigenvalue weighted by Crippen LogP contribution is -2.27. The summed E-state index contributed by atoms with van der Waals surface area (Å²) in [6.45, 7) is 0.492. The van der Waals surface area contributed by atoms with Gasteiger partial charge < -0.3 is 24.1 Å². The molecule has 0 unspecified atom stereocenters. The van der Waals surface area contributed by atoms with E-state index in [0.29, 0.717) is 34.8 Å². The summed E-state index contributed by atoms with van der Waals surface area (Å²) in [5.41, 5.74) is 1.97. The molecular weight excluding hydrogens is 404 g/mol. The number of hydrogen-bond acceptors (Lipinski definition) is 7. The number of ether oxygens (including phenoxy) is 2. The highest BCUT2D eigenvalue weighted by molar-refractivity contribution is 6.30. The number of methoxy groups -OCH3 is 2. The molecule has 0 amide bonds. The Hall–Kier alpha value is -3.21. The zero-order chi connectivity index (χ0) is 21.7. The second-order valence-electron chi connectivity index (χ2n) is 6.79. The molecule has 3 rings (SSSR count). The lowest BCUT2D eigenvalue weighted by atomic mass is 10.1. The second kappa shape index (κ2) is 9.53. The Morgan fingerprint density at radius 2 is 1.83 bits per heavy atom. The standard InChI is InChI=1S/C22H23ClN4O3/c1-27(2)18(15-7-10-19(28-3)20(11-15)29-4)13-25-22-17(12-24)26-21(30-22)14-5-8-16(23)9-6-14/h5-11,18,25H,13H2,1-4H3/t18-/m1/s1. The summed E-state index contributed by atoms with van der Waals surface area (Å²) >= 11 is 5.94. The number of anilines is 1. The smallest absolute Gasteiger partial charge is 0.232 e. The third-order valence-corrected chi connectivity index (χ3v) is 4.95. The quantitative estimate of drug-likeness (QED) is 0.563. The highest BCUT2D eigenvalue weighted by Crippen LogP contribution is 2.32. The number of oxazole rings is 1. The van der Waals surface area contributed by atoms with Crippen molar-refractivity contribution >= 4 is 17.5 Å². The average molecular weight is 427 g/mol. The minimum Gasteiger partial charge on any atom is -0.493 e. The Balaban J connectivity index is 1.83. The van der Waals surface area contributed by atoms with Crippen molar-refractivity contribution in [3.05, 3.63) is 58.7 Å². The fraction of sp³-hybridized carbons (Fsp3) is 0.273. The van der Waals surface area contributed by atoms with Gasteiger partial charge in [0.05, 0.1) is 20.3 Å². The molecule has 7 nitrogen and oxygen atoms in total. The summed E-state index contributed by atoms with van der Waals surface area (Å²) < 4.78 is 16.6. The van der Waals surface area contributed by atoms with Gasteiger partial charge in [-0.25, -0.2) is 0 Å². The number of hydrogen-bond donors (Lipinski definition) is 1. The van der Waals surface area contributed by atoms with Crippen LogP contribution in [0.5, 0.6) is 11.5 Å². The summed E-state index contributed by atoms with van der Waals surface area (Å²) in [5.74, 6) is 2.01. The monoisotopic (exact) mass is 426 g/mol. The largest absolute Gasteiger partial charge is 0.493 e. The molecule has 1 atom stereocenters. The molecular formula is C22H23ClN4O3. The van der Waals surface area contributed by atoms with E-state index in [-0.39, 0.29) is 11.7 Å². The number of nitrogens with zero attached hydrogens (tertiary/aromatic N) is 3. The van der Waals surface area contributed by atoms with E-state index in [4.69, 9.17) is 25.5 Å². The van der Waals surface area contributed by atoms with Gasteiger partial charge >= 0.3 is 0 Å². The van der Waals surface area contributed by atoms with Gasteiger partial charge in [-0.2, -0.15) is 10.2 Å². The Morgan fingerprint density at radius 1 is 1.13 bits per heavy atom. The average Bonchev–Trinajstić information content (AvgIpc) is 3.17. The first-order chi connectivity index (χ1) is 14.5. The number of nitrogens with one attached hydrogen (secondary N) is 1. The fourth-order valence-electron chi connectivity index (χ4n) is 3.08. The summed E-state index contributed by atoms with van der Waals surface area (Å²) in [4.78, 5) is 6.36. The fourth-order valence-corrected chi connectivity index (χ4v) is 3.21. The summed E-state index contributed by atoms with van der Waals surface area (Å²) in [6, 6.07) is 15.0. The van der Waals surface area contributed by atoms with Crippen LogP contribution in [-0.2, 0) is 0 Å². The molecule has 1 aromatic heterocycles. The van der Waals surface area contributed by atoms with Crippen LogP contribution in [0.15, 0.2) is 46.9 Å². The van der Waals surface area contributed by atoms with E-state index in [1.807, 2.05) is 32.3 Å². The van der Waals surface area contributed by atoms with Gasteiger partial charge in [0.25, 0.3) is 0 Å². The van der Waals surface area contributed by atoms with Gasteiger partial charge in [0, 0.05) is 17.1 Å². The minimum absolute atomic E-state index is 0.0135. The molecule has 2 aromatic carbocycles. The second-order valence-corrected chi connectivity index (χ2v) is 7.23. The first-order valence-corrected chi connectivity index (χ1v) is 9.63. The molecule has 1 heterocycles. The van der Waals surface area contributed by atoms with Crippen LogP contribution in [0.1, 0.15) is 17.3 Å². The van der Waals surface area contributed by atoms with Gasteiger partial charge in [-0.1, -0.05) is 17.7 Å². The van der Waals surface area contributed by atoms with Crippen molar-refractivity contribution in [3.8, 4) is 29.0 Å². The highest BCUT2D eigenvalue weighted by atomic mass is 35.5. The van der Waals surface area contributed by atoms with Gasteiger partial charge in [-0.3, -0.25) is 0 Å². The van der Waals surface area contributed by atoms with Crippen molar-refractivity contribution in [1.29, 1.82) is 5.26 Å². The number of rotatable bonds is 8. The molecule has 0 radical (unpaired) electrons. The number of halogens is 1. The van der Waals surface area contributed by atoms with E-state index in [2.05, 4.69) is 21.3 Å². The number of likely N-dealkylation sites (N-methyl/N-ethyl adjacent to an activating group) is 1. The molecule has 0 saturated heterocycles. The molecule has 156 valence electrons. The Kier molecular flexibility index (Phi) is 6.83. The van der Waals surface area contributed by atoms with E-state index in [1.54, 1.807) is 38.5 Å². The van der Waals surface area contributed by atoms with Crippen molar-refractivity contribution in [3.63, 3.8) is 0 Å². The molecule has 0 saturated carbocycles. The Labute approximate surface area is 180 Å². The molecule has 0 bridgehead atoms. The minimum atomic E-state index is -0.0135. The van der Waals surface area contributed by atoms with Crippen LogP contribution in [0, 0.1) is 11.3 Å². The third kappa shape index (κ3) is 4.67. The summed E-state index contributed by atoms with van der Waals surface area (Å²) in [7, 11) is 7.17. The van der Waals surface area contributed by atoms with Gasteiger partial charge in [0.2, 0.25) is 17.5 Å². The van der Waals surface area contributed by atoms with Crippen LogP contribution in [0.25, 0.3) is 11.5 Å². The zero-order valence-corrected chi connectivity index (χ0v) is 18.0. The maximum atomic E-state index is 9.47. The number of aromatic nitrogens is 1. The predicted octanol–water partition coefficient (Wildman–Crippen LogP) is 4.60. The first-order valence-electron chi connectivity index (χ1n) is 9.26. The Morgan fingerprint density at radius 3 is 2.43 bits per heavy atom. The lowest BCUT2D eigenvalue weighted by Gasteiger charge is -2.25. The third-order valence-electron chi connectivity index (χ3n) is 4.70. The van der Waals surface area contributed by atoms with Crippen molar-refractivity contribution < 1.29 is 13.9 Å². The van der Waals surface area contributed by atoms with E-state index in [0.717, 1.165) is 11.1 Å². The molecule has 3 aromatic rings. The van der Waals surface area contributed by atoms with Gasteiger partial charge in [0.1, 0.15) is 6.07 Å². The molecule has 1 N–H and O–H groups in total. The highest BCUT2D eigenvalue weighted by Gasteiger charge is 2.20. The van der Waals surface area contributed by atoms with Crippen LogP contribution in [0.2, 0.25) is 5.02 Å². The molecule has 30 heavy (non-hydrogen) atoms. The maximum absolute atomic E-state index is 9.47. The van der Waals surface area contributed by atoms with Crippen LogP contribution < -0.4 is 14.8 Å². The molecule has 0 aliphatic carbocycles. The SMILES string of the molecule is COc1ccc([C@@H](CNc2oc(-c3ccc(Cl)cc3)nc2C#N)N(C)C)cc1OC. The number of nitriles is 1. The number of benzene rings is 2. The van der Waals surface area contributed by atoms with Crippen LogP contribution in [0.4, 0.5) is 5.88 Å². The van der Waals surface area contributed by atoms with E-state index in [9.17, 15) is 5.26 Å². The lowest BCUT2D eigenvalue weighted by molar-refractivity contribution is 0.307. The van der Waals surface area contributed by atoms with Crippen molar-refractivity contribution in [2.45, 2.75) is 6.04 Å². The van der Waals surface area contributed by atoms with Crippen LogP contribution >= 0.6 is 11.6 Å². The van der Waals surface area contributed by atoms with Gasteiger partial charge in [-0.05, 0) is 56.1 Å². The molecule has 8 heteroatoms. The van der Waals surface area contributed by atoms with E-state index < -0.39 is 0 Å². The maximum Gasteiger partial charge on any atom is 0.232 e. The van der Waals surface area contributed by atoms with Crippen molar-refractivity contribution in [1.82, 2.24) is 9.88 Å². The predicted molar refractivity (Wildman–Crippen MR) is 116 cm³/mol. The van der Waals surface area contributed by atoms with E-state index >= 15 is 0 Å². The molecule has 0 aliphatic heterocycles. The normalized spacial score (nSPS) is 11.8. The molecule has 0 aliphatic rings. The van der Waals surface area contributed by atoms with Crippen LogP contribution in [-0.4, -0.2) is 44.7 Å². The van der Waals surface area contributed by atoms with Gasteiger partial charge in [-0.15, -0.1) is 0 Å². The van der Waals surface area contributed by atoms with Crippen molar-refractivity contribution in [2.75, 3.05) is 40.2 Å². The molecule has 0 spiro atoms. The van der Waals surface area contributed by atoms with Crippen LogP contribution in [0.3, 0.4) is 0 Å². The zero-order valence-electron chi connectivity index (χ0n) is 17.3. The van der Waals surface area contributed by atoms with Gasteiger partial charge in [0.15, 0.2) is 11.5 Å². The summed E-state index contributed by atoms with van der Waals surface area (Å²) in [5, 5.41) is 13.3. The van der Waals surface area contributed by atoms with E-state index in [1.165, 1.54) is 0 Å². The summed E-state index contributed by atoms with van der Waals surface area (Å²) in [6.07, 6.45) is 0. The topological polar surface area (TPSA) is 83.5 Å².